The number of likely N-dealkylation sites (tertiary alicyclic amines) is 1. The highest BCUT2D eigenvalue weighted by Crippen LogP contribution is 2.24. The topological polar surface area (TPSA) is 67.3 Å². The van der Waals surface area contributed by atoms with Crippen LogP contribution in [0.1, 0.15) is 33.1 Å². The number of benzene rings is 1. The quantitative estimate of drug-likeness (QED) is 0.857. The van der Waals surface area contributed by atoms with E-state index in [0.717, 1.165) is 24.6 Å². The van der Waals surface area contributed by atoms with Crippen molar-refractivity contribution in [3.8, 4) is 0 Å². The molecule has 24 heavy (non-hydrogen) atoms. The number of carbonyl (C=O) groups is 1. The Bertz CT molecular complexity index is 853. The number of fused-ring (bicyclic) bond motifs is 1. The Labute approximate surface area is 142 Å². The number of nitrogens with zero attached hydrogens (tertiary/aromatic N) is 2. The molecule has 0 bridgehead atoms. The molecule has 1 aromatic heterocycles. The first-order valence-corrected chi connectivity index (χ1v) is 9.93. The van der Waals surface area contributed by atoms with Gasteiger partial charge in [-0.25, -0.2) is 13.4 Å². The number of hydrogen-bond donors (Lipinski definition) is 0. The maximum Gasteiger partial charge on any atom is 0.238 e. The van der Waals surface area contributed by atoms with Crippen molar-refractivity contribution < 1.29 is 13.2 Å². The summed E-state index contributed by atoms with van der Waals surface area (Å²) < 4.78 is 25.3. The van der Waals surface area contributed by atoms with E-state index in [9.17, 15) is 13.2 Å². The lowest BCUT2D eigenvalue weighted by Crippen LogP contribution is -2.49. The van der Waals surface area contributed by atoms with Crippen LogP contribution in [0.25, 0.3) is 10.9 Å². The molecule has 0 saturated carbocycles. The predicted octanol–water partition coefficient (Wildman–Crippen LogP) is 2.80. The highest BCUT2D eigenvalue weighted by Gasteiger charge is 2.32. The van der Waals surface area contributed by atoms with Gasteiger partial charge in [-0.1, -0.05) is 18.2 Å². The Morgan fingerprint density at radius 3 is 2.50 bits per heavy atom. The summed E-state index contributed by atoms with van der Waals surface area (Å²) >= 11 is 0. The Kier molecular flexibility index (Phi) is 4.58. The van der Waals surface area contributed by atoms with Crippen LogP contribution in [0.4, 0.5) is 0 Å². The molecule has 2 atom stereocenters. The first-order chi connectivity index (χ1) is 11.4. The summed E-state index contributed by atoms with van der Waals surface area (Å²) in [6.45, 7) is 3.96. The largest absolute Gasteiger partial charge is 0.336 e. The Hall–Kier alpha value is -1.95. The second kappa shape index (κ2) is 6.51. The van der Waals surface area contributed by atoms with Crippen molar-refractivity contribution in [2.45, 2.75) is 50.2 Å². The highest BCUT2D eigenvalue weighted by molar-refractivity contribution is 7.92. The van der Waals surface area contributed by atoms with Gasteiger partial charge < -0.3 is 4.90 Å². The van der Waals surface area contributed by atoms with Crippen LogP contribution >= 0.6 is 0 Å². The van der Waals surface area contributed by atoms with Crippen molar-refractivity contribution >= 4 is 26.6 Å². The van der Waals surface area contributed by atoms with E-state index >= 15 is 0 Å². The van der Waals surface area contributed by atoms with E-state index in [2.05, 4.69) is 4.98 Å². The van der Waals surface area contributed by atoms with Gasteiger partial charge in [0.2, 0.25) is 15.7 Å². The van der Waals surface area contributed by atoms with E-state index < -0.39 is 15.6 Å². The molecule has 1 aromatic carbocycles. The second-order valence-corrected chi connectivity index (χ2v) is 8.47. The molecule has 2 aromatic rings. The Balaban J connectivity index is 1.85. The third-order valence-corrected chi connectivity index (χ3v) is 6.18. The van der Waals surface area contributed by atoms with E-state index in [1.165, 1.54) is 6.07 Å². The molecule has 1 fully saturated rings. The van der Waals surface area contributed by atoms with Crippen molar-refractivity contribution in [3.63, 3.8) is 0 Å². The molecule has 1 aliphatic rings. The number of rotatable bonds is 3. The third kappa shape index (κ3) is 3.29. The summed E-state index contributed by atoms with van der Waals surface area (Å²) in [6, 6.07) is 10.7. The summed E-state index contributed by atoms with van der Waals surface area (Å²) in [7, 11) is -3.75. The lowest BCUT2D eigenvalue weighted by atomic mass is 9.98. The predicted molar refractivity (Wildman–Crippen MR) is 93.4 cm³/mol. The van der Waals surface area contributed by atoms with Gasteiger partial charge in [-0.3, -0.25) is 4.79 Å². The zero-order valence-corrected chi connectivity index (χ0v) is 14.8. The van der Waals surface area contributed by atoms with Crippen molar-refractivity contribution in [2.24, 2.45) is 0 Å². The minimum Gasteiger partial charge on any atom is -0.336 e. The lowest BCUT2D eigenvalue weighted by molar-refractivity contribution is -0.134. The second-order valence-electron chi connectivity index (χ2n) is 6.53. The summed E-state index contributed by atoms with van der Waals surface area (Å²) in [4.78, 5) is 18.5. The zero-order valence-electron chi connectivity index (χ0n) is 14.0. The van der Waals surface area contributed by atoms with Crippen LogP contribution in [0.2, 0.25) is 0 Å². The van der Waals surface area contributed by atoms with Crippen LogP contribution in [0.15, 0.2) is 41.4 Å². The van der Waals surface area contributed by atoms with Gasteiger partial charge >= 0.3 is 0 Å². The van der Waals surface area contributed by atoms with Gasteiger partial charge in [0, 0.05) is 17.5 Å². The molecule has 5 nitrogen and oxygen atoms in total. The number of sulfone groups is 1. The maximum atomic E-state index is 12.6. The number of amides is 1. The minimum atomic E-state index is -3.75. The first-order valence-electron chi connectivity index (χ1n) is 8.28. The Morgan fingerprint density at radius 2 is 1.79 bits per heavy atom. The molecular formula is C18H22N2O3S. The lowest BCUT2D eigenvalue weighted by Gasteiger charge is -2.39. The van der Waals surface area contributed by atoms with Crippen molar-refractivity contribution in [1.29, 1.82) is 0 Å². The van der Waals surface area contributed by atoms with Crippen molar-refractivity contribution in [2.75, 3.05) is 5.75 Å². The van der Waals surface area contributed by atoms with Gasteiger partial charge in [0.15, 0.2) is 5.03 Å². The molecular weight excluding hydrogens is 324 g/mol. The maximum absolute atomic E-state index is 12.6. The van der Waals surface area contributed by atoms with E-state index in [1.807, 2.05) is 32.0 Å². The molecule has 1 saturated heterocycles. The SMILES string of the molecule is C[C@@H]1CCC[C@H](C)N1C(=O)CS(=O)(=O)c1ccc2ccccc2n1. The van der Waals surface area contributed by atoms with Crippen molar-refractivity contribution in [3.05, 3.63) is 36.4 Å². The smallest absolute Gasteiger partial charge is 0.238 e. The molecule has 1 aliphatic heterocycles. The summed E-state index contributed by atoms with van der Waals surface area (Å²) in [5.74, 6) is -0.850. The van der Waals surface area contributed by atoms with Gasteiger partial charge in [0.1, 0.15) is 5.75 Å². The van der Waals surface area contributed by atoms with E-state index in [0.29, 0.717) is 5.52 Å². The third-order valence-electron chi connectivity index (χ3n) is 4.69. The molecule has 2 heterocycles. The summed E-state index contributed by atoms with van der Waals surface area (Å²) in [6.07, 6.45) is 2.92. The number of para-hydroxylation sites is 1. The number of pyridine rings is 1. The molecule has 128 valence electrons. The molecule has 0 N–H and O–H groups in total. The fraction of sp³-hybridized carbons (Fsp3) is 0.444. The number of hydrogen-bond acceptors (Lipinski definition) is 4. The normalized spacial score (nSPS) is 21.8. The monoisotopic (exact) mass is 346 g/mol. The van der Waals surface area contributed by atoms with Crippen molar-refractivity contribution in [1.82, 2.24) is 9.88 Å². The van der Waals surface area contributed by atoms with E-state index in [4.69, 9.17) is 0 Å². The van der Waals surface area contributed by atoms with E-state index in [-0.39, 0.29) is 23.0 Å². The van der Waals surface area contributed by atoms with Gasteiger partial charge in [-0.15, -0.1) is 0 Å². The summed E-state index contributed by atoms with van der Waals surface area (Å²) in [5.41, 5.74) is 0.616. The van der Waals surface area contributed by atoms with E-state index in [1.54, 1.807) is 17.0 Å². The highest BCUT2D eigenvalue weighted by atomic mass is 32.2. The van der Waals surface area contributed by atoms with Crippen LogP contribution in [0.3, 0.4) is 0 Å². The standard InChI is InChI=1S/C18H22N2O3S/c1-13-6-5-7-14(2)20(13)18(21)12-24(22,23)17-11-10-15-8-3-4-9-16(15)19-17/h3-4,8-11,13-14H,5-7,12H2,1-2H3/t13-,14+. The van der Waals surface area contributed by atoms with Gasteiger partial charge in [-0.05, 0) is 51.3 Å². The van der Waals surface area contributed by atoms with Crippen LogP contribution in [-0.2, 0) is 14.6 Å². The number of aromatic nitrogens is 1. The van der Waals surface area contributed by atoms with Crippen LogP contribution < -0.4 is 0 Å². The summed E-state index contributed by atoms with van der Waals surface area (Å²) in [5, 5.41) is 0.841. The van der Waals surface area contributed by atoms with Crippen LogP contribution in [-0.4, -0.2) is 42.0 Å². The van der Waals surface area contributed by atoms with Gasteiger partial charge in [0.25, 0.3) is 0 Å². The molecule has 0 spiro atoms. The van der Waals surface area contributed by atoms with Gasteiger partial charge in [0.05, 0.1) is 5.52 Å². The molecule has 0 unspecified atom stereocenters. The minimum absolute atomic E-state index is 0.0353. The average Bonchev–Trinajstić information content (AvgIpc) is 2.53. The Morgan fingerprint density at radius 1 is 1.12 bits per heavy atom. The molecule has 0 radical (unpaired) electrons. The number of carbonyl (C=O) groups excluding carboxylic acids is 1. The van der Waals surface area contributed by atoms with Gasteiger partial charge in [-0.2, -0.15) is 0 Å². The fourth-order valence-corrected chi connectivity index (χ4v) is 4.58. The molecule has 0 aliphatic carbocycles. The van der Waals surface area contributed by atoms with Crippen LogP contribution in [0.5, 0.6) is 0 Å². The molecule has 3 rings (SSSR count). The number of piperidine rings is 1. The average molecular weight is 346 g/mol. The molecule has 6 heteroatoms. The first kappa shape index (κ1) is 16.9. The molecule has 1 amide bonds. The zero-order chi connectivity index (χ0) is 17.3. The fourth-order valence-electron chi connectivity index (χ4n) is 3.44. The van der Waals surface area contributed by atoms with Crippen LogP contribution in [0, 0.1) is 0 Å².